The van der Waals surface area contributed by atoms with Crippen molar-refractivity contribution in [3.05, 3.63) is 0 Å². The van der Waals surface area contributed by atoms with Crippen LogP contribution in [0, 0.1) is 11.8 Å². The molecule has 2 rings (SSSR count). The zero-order chi connectivity index (χ0) is 11.7. The number of carbonyl (C=O) groups excluding carboxylic acids is 1. The van der Waals surface area contributed by atoms with Crippen molar-refractivity contribution in [3.63, 3.8) is 0 Å². The van der Waals surface area contributed by atoms with Crippen LogP contribution in [0.1, 0.15) is 39.5 Å². The summed E-state index contributed by atoms with van der Waals surface area (Å²) >= 11 is 0. The van der Waals surface area contributed by atoms with Crippen molar-refractivity contribution < 1.29 is 9.53 Å². The minimum Gasteiger partial charge on any atom is -0.468 e. The van der Waals surface area contributed by atoms with Gasteiger partial charge in [0.1, 0.15) is 6.04 Å². The van der Waals surface area contributed by atoms with Gasteiger partial charge in [-0.25, -0.2) is 0 Å². The summed E-state index contributed by atoms with van der Waals surface area (Å²) in [5.41, 5.74) is 0. The minimum absolute atomic E-state index is 0.0185. The fraction of sp³-hybridized carbons (Fsp3) is 0.923. The Hall–Kier alpha value is -0.570. The van der Waals surface area contributed by atoms with Gasteiger partial charge in [-0.3, -0.25) is 9.69 Å². The second kappa shape index (κ2) is 4.74. The molecule has 0 bridgehead atoms. The number of hydrogen-bond donors (Lipinski definition) is 0. The lowest BCUT2D eigenvalue weighted by molar-refractivity contribution is -0.148. The van der Waals surface area contributed by atoms with E-state index in [2.05, 4.69) is 18.7 Å². The molecule has 1 heterocycles. The largest absolute Gasteiger partial charge is 0.468 e. The van der Waals surface area contributed by atoms with Crippen LogP contribution in [-0.4, -0.2) is 36.6 Å². The summed E-state index contributed by atoms with van der Waals surface area (Å²) in [6.45, 7) is 5.58. The number of rotatable bonds is 4. The number of likely N-dealkylation sites (tertiary alicyclic amines) is 1. The fourth-order valence-electron chi connectivity index (χ4n) is 3.01. The van der Waals surface area contributed by atoms with Gasteiger partial charge in [-0.2, -0.15) is 0 Å². The van der Waals surface area contributed by atoms with Crippen LogP contribution in [-0.2, 0) is 9.53 Å². The lowest BCUT2D eigenvalue weighted by Crippen LogP contribution is -2.47. The van der Waals surface area contributed by atoms with Crippen molar-refractivity contribution in [2.45, 2.75) is 51.6 Å². The van der Waals surface area contributed by atoms with Crippen molar-refractivity contribution in [2.75, 3.05) is 13.7 Å². The molecule has 0 aromatic carbocycles. The highest BCUT2D eigenvalue weighted by atomic mass is 16.5. The van der Waals surface area contributed by atoms with Crippen molar-refractivity contribution in [1.82, 2.24) is 4.90 Å². The van der Waals surface area contributed by atoms with Crippen LogP contribution in [0.25, 0.3) is 0 Å². The summed E-state index contributed by atoms with van der Waals surface area (Å²) < 4.78 is 4.97. The van der Waals surface area contributed by atoms with Gasteiger partial charge in [0.2, 0.25) is 0 Å². The van der Waals surface area contributed by atoms with E-state index in [-0.39, 0.29) is 12.0 Å². The van der Waals surface area contributed by atoms with Gasteiger partial charge in [0, 0.05) is 6.04 Å². The molecule has 2 unspecified atom stereocenters. The Balaban J connectivity index is 2.09. The van der Waals surface area contributed by atoms with Crippen molar-refractivity contribution in [2.24, 2.45) is 11.8 Å². The molecule has 0 N–H and O–H groups in total. The summed E-state index contributed by atoms with van der Waals surface area (Å²) in [5.74, 6) is 1.18. The molecule has 2 fully saturated rings. The summed E-state index contributed by atoms with van der Waals surface area (Å²) in [5, 5.41) is 0. The molecule has 3 heteroatoms. The number of nitrogens with zero attached hydrogens (tertiary/aromatic N) is 1. The molecule has 2 atom stereocenters. The molecule has 16 heavy (non-hydrogen) atoms. The van der Waals surface area contributed by atoms with Crippen molar-refractivity contribution in [3.8, 4) is 0 Å². The average molecular weight is 225 g/mol. The molecule has 1 aliphatic carbocycles. The molecule has 0 aromatic rings. The van der Waals surface area contributed by atoms with E-state index in [4.69, 9.17) is 4.74 Å². The number of esters is 1. The fourth-order valence-corrected chi connectivity index (χ4v) is 3.01. The topological polar surface area (TPSA) is 29.5 Å². The Labute approximate surface area is 98.1 Å². The monoisotopic (exact) mass is 225 g/mol. The third-order valence-corrected chi connectivity index (χ3v) is 3.98. The number of carbonyl (C=O) groups is 1. The Kier molecular flexibility index (Phi) is 3.53. The van der Waals surface area contributed by atoms with Gasteiger partial charge < -0.3 is 4.74 Å². The van der Waals surface area contributed by atoms with Crippen molar-refractivity contribution >= 4 is 5.97 Å². The lowest BCUT2D eigenvalue weighted by atomic mass is 9.99. The molecule has 1 saturated heterocycles. The van der Waals surface area contributed by atoms with E-state index in [0.29, 0.717) is 17.9 Å². The highest BCUT2D eigenvalue weighted by Gasteiger charge is 2.45. The predicted octanol–water partition coefficient (Wildman–Crippen LogP) is 2.06. The predicted molar refractivity (Wildman–Crippen MR) is 63.1 cm³/mol. The van der Waals surface area contributed by atoms with Crippen LogP contribution >= 0.6 is 0 Å². The maximum absolute atomic E-state index is 11.9. The molecule has 0 amide bonds. The second-order valence-electron chi connectivity index (χ2n) is 5.50. The Morgan fingerprint density at radius 2 is 2.00 bits per heavy atom. The first kappa shape index (κ1) is 11.9. The Morgan fingerprint density at radius 3 is 2.50 bits per heavy atom. The number of methoxy groups -OCH3 is 1. The number of ether oxygens (including phenoxy) is 1. The first-order valence-electron chi connectivity index (χ1n) is 6.48. The quantitative estimate of drug-likeness (QED) is 0.686. The standard InChI is InChI=1S/C13H23NO2/c1-9(2)11-5-4-8-14(11)12(10-6-7-10)13(15)16-3/h9-12H,4-8H2,1-3H3. The maximum Gasteiger partial charge on any atom is 0.323 e. The molecule has 1 saturated carbocycles. The highest BCUT2D eigenvalue weighted by Crippen LogP contribution is 2.39. The smallest absolute Gasteiger partial charge is 0.323 e. The SMILES string of the molecule is COC(=O)C(C1CC1)N1CCCC1C(C)C. The second-order valence-corrected chi connectivity index (χ2v) is 5.50. The zero-order valence-corrected chi connectivity index (χ0v) is 10.6. The molecule has 1 aliphatic heterocycles. The molecule has 3 nitrogen and oxygen atoms in total. The van der Waals surface area contributed by atoms with E-state index in [1.165, 1.54) is 32.8 Å². The van der Waals surface area contributed by atoms with Gasteiger partial charge in [0.05, 0.1) is 7.11 Å². The van der Waals surface area contributed by atoms with Crippen LogP contribution in [0.3, 0.4) is 0 Å². The summed E-state index contributed by atoms with van der Waals surface area (Å²) in [4.78, 5) is 14.3. The van der Waals surface area contributed by atoms with Gasteiger partial charge in [0.25, 0.3) is 0 Å². The summed E-state index contributed by atoms with van der Waals surface area (Å²) in [6, 6.07) is 0.615. The van der Waals surface area contributed by atoms with E-state index in [9.17, 15) is 4.79 Å². The lowest BCUT2D eigenvalue weighted by Gasteiger charge is -2.33. The number of hydrogen-bond acceptors (Lipinski definition) is 3. The highest BCUT2D eigenvalue weighted by molar-refractivity contribution is 5.76. The summed E-state index contributed by atoms with van der Waals surface area (Å²) in [7, 11) is 1.51. The van der Waals surface area contributed by atoms with Gasteiger partial charge in [-0.1, -0.05) is 13.8 Å². The molecule has 0 aromatic heterocycles. The molecule has 92 valence electrons. The van der Waals surface area contributed by atoms with Crippen molar-refractivity contribution in [1.29, 1.82) is 0 Å². The first-order chi connectivity index (χ1) is 7.65. The molecule has 0 radical (unpaired) electrons. The van der Waals surface area contributed by atoms with Gasteiger partial charge in [-0.05, 0) is 44.1 Å². The molecular weight excluding hydrogens is 202 g/mol. The van der Waals surface area contributed by atoms with E-state index in [0.717, 1.165) is 6.54 Å². The Bertz CT molecular complexity index is 261. The van der Waals surface area contributed by atoms with Crippen LogP contribution in [0.4, 0.5) is 0 Å². The normalized spacial score (nSPS) is 28.4. The maximum atomic E-state index is 11.9. The molecule has 2 aliphatic rings. The Morgan fingerprint density at radius 1 is 1.31 bits per heavy atom. The van der Waals surface area contributed by atoms with Crippen LogP contribution in [0.2, 0.25) is 0 Å². The summed E-state index contributed by atoms with van der Waals surface area (Å²) in [6.07, 6.45) is 4.85. The molecular formula is C13H23NO2. The van der Waals surface area contributed by atoms with Crippen LogP contribution < -0.4 is 0 Å². The van der Waals surface area contributed by atoms with Crippen LogP contribution in [0.15, 0.2) is 0 Å². The van der Waals surface area contributed by atoms with E-state index < -0.39 is 0 Å². The van der Waals surface area contributed by atoms with E-state index in [1.54, 1.807) is 0 Å². The first-order valence-corrected chi connectivity index (χ1v) is 6.48. The van der Waals surface area contributed by atoms with E-state index >= 15 is 0 Å². The van der Waals surface area contributed by atoms with E-state index in [1.807, 2.05) is 0 Å². The zero-order valence-electron chi connectivity index (χ0n) is 10.6. The van der Waals surface area contributed by atoms with Gasteiger partial charge in [0.15, 0.2) is 0 Å². The molecule has 0 spiro atoms. The van der Waals surface area contributed by atoms with Gasteiger partial charge in [-0.15, -0.1) is 0 Å². The van der Waals surface area contributed by atoms with Gasteiger partial charge >= 0.3 is 5.97 Å². The van der Waals surface area contributed by atoms with Crippen LogP contribution in [0.5, 0.6) is 0 Å². The minimum atomic E-state index is -0.0185. The third-order valence-electron chi connectivity index (χ3n) is 3.98. The average Bonchev–Trinajstić information content (AvgIpc) is 2.95. The third kappa shape index (κ3) is 2.24.